The first-order valence-corrected chi connectivity index (χ1v) is 10.7. The van der Waals surface area contributed by atoms with Crippen LogP contribution in [0.4, 0.5) is 5.69 Å². The van der Waals surface area contributed by atoms with Crippen molar-refractivity contribution >= 4 is 34.7 Å². The summed E-state index contributed by atoms with van der Waals surface area (Å²) < 4.78 is 5.66. The summed E-state index contributed by atoms with van der Waals surface area (Å²) in [7, 11) is 0. The number of carbonyl (C=O) groups is 1. The average Bonchev–Trinajstić information content (AvgIpc) is 3.38. The minimum Gasteiger partial charge on any atom is -0.411 e. The molecule has 0 spiro atoms. The van der Waals surface area contributed by atoms with E-state index in [4.69, 9.17) is 4.42 Å². The number of amides is 1. The molecule has 0 radical (unpaired) electrons. The van der Waals surface area contributed by atoms with E-state index in [2.05, 4.69) is 25.5 Å². The van der Waals surface area contributed by atoms with E-state index in [-0.39, 0.29) is 12.3 Å². The second-order valence-corrected chi connectivity index (χ2v) is 8.09. The number of aryl methyl sites for hydroxylation is 1. The number of nitrogens with zero attached hydrogens (tertiary/aromatic N) is 4. The quantitative estimate of drug-likeness (QED) is 0.441. The molecule has 1 N–H and O–H groups in total. The van der Waals surface area contributed by atoms with Crippen LogP contribution in [0.15, 0.2) is 63.8 Å². The molecule has 9 heteroatoms. The molecule has 0 atom stereocenters. The van der Waals surface area contributed by atoms with E-state index in [9.17, 15) is 4.79 Å². The van der Waals surface area contributed by atoms with E-state index in [1.165, 1.54) is 23.1 Å². The second-order valence-electron chi connectivity index (χ2n) is 6.22. The summed E-state index contributed by atoms with van der Waals surface area (Å²) in [5, 5.41) is 14.2. The molecule has 146 valence electrons. The molecule has 0 saturated heterocycles. The van der Waals surface area contributed by atoms with Crippen molar-refractivity contribution in [1.82, 2.24) is 20.2 Å². The lowest BCUT2D eigenvalue weighted by Gasteiger charge is -2.04. The maximum Gasteiger partial charge on any atom is 0.277 e. The number of hydrogen-bond donors (Lipinski definition) is 1. The molecular formula is C20H17N5O2S2. The highest BCUT2D eigenvalue weighted by atomic mass is 32.2. The molecule has 0 fully saturated rings. The van der Waals surface area contributed by atoms with Crippen LogP contribution < -0.4 is 5.32 Å². The summed E-state index contributed by atoms with van der Waals surface area (Å²) in [5.41, 5.74) is 3.64. The van der Waals surface area contributed by atoms with Crippen LogP contribution in [0.3, 0.4) is 0 Å². The van der Waals surface area contributed by atoms with Gasteiger partial charge in [-0.1, -0.05) is 29.5 Å². The Bertz CT molecular complexity index is 1090. The van der Waals surface area contributed by atoms with Gasteiger partial charge in [0.05, 0.1) is 12.1 Å². The predicted octanol–water partition coefficient (Wildman–Crippen LogP) is 4.37. The number of nitrogens with one attached hydrogen (secondary N) is 1. The number of anilines is 1. The largest absolute Gasteiger partial charge is 0.411 e. The molecular weight excluding hydrogens is 406 g/mol. The number of hydrogen-bond acceptors (Lipinski definition) is 8. The lowest BCUT2D eigenvalue weighted by atomic mass is 10.2. The summed E-state index contributed by atoms with van der Waals surface area (Å²) >= 11 is 2.88. The Morgan fingerprint density at radius 1 is 1.14 bits per heavy atom. The molecule has 3 heterocycles. The van der Waals surface area contributed by atoms with Crippen molar-refractivity contribution in [3.05, 3.63) is 70.4 Å². The van der Waals surface area contributed by atoms with E-state index in [0.29, 0.717) is 16.9 Å². The zero-order valence-corrected chi connectivity index (χ0v) is 17.2. The number of aromatic nitrogens is 4. The van der Waals surface area contributed by atoms with Crippen LogP contribution in [0.5, 0.6) is 0 Å². The van der Waals surface area contributed by atoms with Gasteiger partial charge in [0.2, 0.25) is 11.8 Å². The van der Waals surface area contributed by atoms with Crippen molar-refractivity contribution in [3.63, 3.8) is 0 Å². The molecule has 29 heavy (non-hydrogen) atoms. The maximum absolute atomic E-state index is 12.2. The highest BCUT2D eigenvalue weighted by Crippen LogP contribution is 2.26. The van der Waals surface area contributed by atoms with Crippen molar-refractivity contribution in [1.29, 1.82) is 0 Å². The molecule has 7 nitrogen and oxygen atoms in total. The Kier molecular flexibility index (Phi) is 5.97. The van der Waals surface area contributed by atoms with Gasteiger partial charge >= 0.3 is 0 Å². The first-order valence-electron chi connectivity index (χ1n) is 8.82. The molecule has 0 unspecified atom stereocenters. The van der Waals surface area contributed by atoms with Crippen LogP contribution in [0.25, 0.3) is 11.5 Å². The lowest BCUT2D eigenvalue weighted by Crippen LogP contribution is -2.14. The summed E-state index contributed by atoms with van der Waals surface area (Å²) in [6.07, 6.45) is 3.60. The van der Waals surface area contributed by atoms with Gasteiger partial charge in [-0.25, -0.2) is 4.98 Å². The first kappa shape index (κ1) is 19.3. The molecule has 4 aromatic rings. The van der Waals surface area contributed by atoms with Gasteiger partial charge in [-0.2, -0.15) is 0 Å². The number of benzene rings is 1. The van der Waals surface area contributed by atoms with E-state index in [1.54, 1.807) is 12.4 Å². The van der Waals surface area contributed by atoms with Crippen molar-refractivity contribution in [3.8, 4) is 11.5 Å². The lowest BCUT2D eigenvalue weighted by molar-refractivity contribution is -0.115. The first-order chi connectivity index (χ1) is 14.2. The van der Waals surface area contributed by atoms with Crippen LogP contribution >= 0.6 is 23.1 Å². The summed E-state index contributed by atoms with van der Waals surface area (Å²) in [5.74, 6) is 0.969. The van der Waals surface area contributed by atoms with Gasteiger partial charge in [0.1, 0.15) is 5.01 Å². The van der Waals surface area contributed by atoms with Crippen molar-refractivity contribution in [2.24, 2.45) is 0 Å². The number of rotatable bonds is 7. The molecule has 0 bridgehead atoms. The summed E-state index contributed by atoms with van der Waals surface area (Å²) in [6, 6.07) is 11.3. The van der Waals surface area contributed by atoms with E-state index < -0.39 is 0 Å². The zero-order chi connectivity index (χ0) is 20.1. The van der Waals surface area contributed by atoms with Crippen LogP contribution in [0.1, 0.15) is 16.3 Å². The van der Waals surface area contributed by atoms with Gasteiger partial charge in [0.15, 0.2) is 0 Å². The average molecular weight is 424 g/mol. The molecule has 0 aliphatic heterocycles. The van der Waals surface area contributed by atoms with Crippen molar-refractivity contribution < 1.29 is 9.21 Å². The Morgan fingerprint density at radius 3 is 2.72 bits per heavy atom. The number of pyridine rings is 1. The van der Waals surface area contributed by atoms with Gasteiger partial charge in [0, 0.05) is 34.8 Å². The molecule has 1 aromatic carbocycles. The topological polar surface area (TPSA) is 93.8 Å². The SMILES string of the molecule is Cc1ccc(NC(=O)Cc2nc(CSc3nnc(-c4ccncc4)o3)cs2)cc1. The van der Waals surface area contributed by atoms with Crippen molar-refractivity contribution in [2.75, 3.05) is 5.32 Å². The Hall–Kier alpha value is -3.04. The molecule has 0 saturated carbocycles. The highest BCUT2D eigenvalue weighted by molar-refractivity contribution is 7.98. The van der Waals surface area contributed by atoms with Crippen LogP contribution in [0, 0.1) is 6.92 Å². The van der Waals surface area contributed by atoms with E-state index in [1.807, 2.05) is 48.7 Å². The molecule has 4 rings (SSSR count). The maximum atomic E-state index is 12.2. The number of thioether (sulfide) groups is 1. The molecule has 0 aliphatic carbocycles. The zero-order valence-electron chi connectivity index (χ0n) is 15.5. The van der Waals surface area contributed by atoms with Crippen LogP contribution in [-0.4, -0.2) is 26.1 Å². The fraction of sp³-hybridized carbons (Fsp3) is 0.150. The summed E-state index contributed by atoms with van der Waals surface area (Å²) in [6.45, 7) is 2.01. The number of thiazole rings is 1. The predicted molar refractivity (Wildman–Crippen MR) is 113 cm³/mol. The third-order valence-corrected chi connectivity index (χ3v) is 5.67. The van der Waals surface area contributed by atoms with Gasteiger partial charge < -0.3 is 9.73 Å². The van der Waals surface area contributed by atoms with Crippen LogP contribution in [-0.2, 0) is 17.0 Å². The third-order valence-electron chi connectivity index (χ3n) is 3.92. The fourth-order valence-corrected chi connectivity index (χ4v) is 4.04. The normalized spacial score (nSPS) is 10.8. The number of carbonyl (C=O) groups excluding carboxylic acids is 1. The molecule has 1 amide bonds. The Morgan fingerprint density at radius 2 is 1.93 bits per heavy atom. The summed E-state index contributed by atoms with van der Waals surface area (Å²) in [4.78, 5) is 20.7. The van der Waals surface area contributed by atoms with E-state index >= 15 is 0 Å². The Balaban J connectivity index is 1.30. The fourth-order valence-electron chi connectivity index (χ4n) is 2.49. The monoisotopic (exact) mass is 423 g/mol. The molecule has 3 aromatic heterocycles. The Labute approximate surface area is 175 Å². The van der Waals surface area contributed by atoms with Crippen molar-refractivity contribution in [2.45, 2.75) is 24.3 Å². The van der Waals surface area contributed by atoms with Gasteiger partial charge in [-0.15, -0.1) is 21.5 Å². The minimum absolute atomic E-state index is 0.0821. The third kappa shape index (κ3) is 5.27. The van der Waals surface area contributed by atoms with Gasteiger partial charge in [0.25, 0.3) is 5.22 Å². The minimum atomic E-state index is -0.0821. The molecule has 0 aliphatic rings. The standard InChI is InChI=1S/C20H17N5O2S2/c1-13-2-4-15(5-3-13)22-17(26)10-18-23-16(11-28-18)12-29-20-25-24-19(27-20)14-6-8-21-9-7-14/h2-9,11H,10,12H2,1H3,(H,22,26). The highest BCUT2D eigenvalue weighted by Gasteiger charge is 2.12. The second kappa shape index (κ2) is 8.97. The van der Waals surface area contributed by atoms with E-state index in [0.717, 1.165) is 27.5 Å². The van der Waals surface area contributed by atoms with Gasteiger partial charge in [-0.05, 0) is 31.2 Å². The smallest absolute Gasteiger partial charge is 0.277 e. The van der Waals surface area contributed by atoms with Crippen LogP contribution in [0.2, 0.25) is 0 Å². The van der Waals surface area contributed by atoms with Gasteiger partial charge in [-0.3, -0.25) is 9.78 Å².